The van der Waals surface area contributed by atoms with Crippen molar-refractivity contribution in [1.82, 2.24) is 20.9 Å². The zero-order valence-electron chi connectivity index (χ0n) is 24.7. The maximum Gasteiger partial charge on any atom is 0.471 e. The third kappa shape index (κ3) is 8.58. The second kappa shape index (κ2) is 12.6. The highest BCUT2D eigenvalue weighted by Crippen LogP contribution is 2.39. The zero-order valence-corrected chi connectivity index (χ0v) is 24.7. The molecule has 0 aromatic heterocycles. The van der Waals surface area contributed by atoms with Gasteiger partial charge in [-0.3, -0.25) is 19.2 Å². The molecule has 1 aliphatic carbocycles. The summed E-state index contributed by atoms with van der Waals surface area (Å²) in [5, 5.41) is 17.4. The van der Waals surface area contributed by atoms with Crippen LogP contribution in [0.4, 0.5) is 13.2 Å². The van der Waals surface area contributed by atoms with Crippen molar-refractivity contribution in [2.45, 2.75) is 122 Å². The molecule has 0 aromatic carbocycles. The first-order valence-corrected chi connectivity index (χ1v) is 14.6. The van der Waals surface area contributed by atoms with Gasteiger partial charge in [0, 0.05) is 30.5 Å². The Labute approximate surface area is 240 Å². The van der Waals surface area contributed by atoms with E-state index < -0.39 is 59.8 Å². The summed E-state index contributed by atoms with van der Waals surface area (Å²) in [5.74, 6) is -3.33. The molecule has 2 aliphatic heterocycles. The summed E-state index contributed by atoms with van der Waals surface area (Å²) < 4.78 is 39.0. The number of alkyl halides is 3. The van der Waals surface area contributed by atoms with Gasteiger partial charge in [-0.15, -0.1) is 0 Å². The van der Waals surface area contributed by atoms with Gasteiger partial charge in [0.25, 0.3) is 0 Å². The lowest BCUT2D eigenvalue weighted by Crippen LogP contribution is -2.54. The fourth-order valence-corrected chi connectivity index (χ4v) is 6.35. The summed E-state index contributed by atoms with van der Waals surface area (Å²) in [5.41, 5.74) is -1.19. The van der Waals surface area contributed by atoms with Crippen LogP contribution in [0.15, 0.2) is 0 Å². The summed E-state index contributed by atoms with van der Waals surface area (Å²) in [4.78, 5) is 52.8. The van der Waals surface area contributed by atoms with E-state index in [9.17, 15) is 37.6 Å². The Morgan fingerprint density at radius 2 is 1.73 bits per heavy atom. The molecule has 230 valence electrons. The van der Waals surface area contributed by atoms with Crippen LogP contribution in [0, 0.1) is 34.5 Å². The van der Waals surface area contributed by atoms with Crippen LogP contribution in [0.25, 0.3) is 0 Å². The molecular weight excluding hydrogens is 539 g/mol. The van der Waals surface area contributed by atoms with Crippen LogP contribution in [-0.2, 0) is 19.2 Å². The standard InChI is InChI=1S/C29H44F3N5O4/c1-27(2,3)22(35-26(41)29(30,31)32)14-23(38)37-16-19(17-8-6-7-9-17)13-21(37)25(40)34-20(15-33)12-18-10-11-28(4,5)36-24(18)39/h17-22H,6-14,16H2,1-5H3,(H,34,40)(H,35,41)(H,36,39)/t18-,19+,20-,21?,22+/m0/s1. The monoisotopic (exact) mass is 583 g/mol. The van der Waals surface area contributed by atoms with Gasteiger partial charge in [-0.2, -0.15) is 18.4 Å². The average molecular weight is 584 g/mol. The summed E-state index contributed by atoms with van der Waals surface area (Å²) in [7, 11) is 0. The first-order valence-electron chi connectivity index (χ1n) is 14.6. The third-order valence-corrected chi connectivity index (χ3v) is 8.95. The highest BCUT2D eigenvalue weighted by molar-refractivity contribution is 5.89. The van der Waals surface area contributed by atoms with E-state index in [1.807, 2.05) is 19.2 Å². The second-order valence-electron chi connectivity index (χ2n) is 13.7. The molecule has 2 heterocycles. The quantitative estimate of drug-likeness (QED) is 0.402. The topological polar surface area (TPSA) is 131 Å². The molecular formula is C29H44F3N5O4. The lowest BCUT2D eigenvalue weighted by molar-refractivity contribution is -0.175. The van der Waals surface area contributed by atoms with Gasteiger partial charge >= 0.3 is 12.1 Å². The van der Waals surface area contributed by atoms with Crippen LogP contribution in [0.1, 0.15) is 92.4 Å². The molecule has 0 bridgehead atoms. The molecule has 0 radical (unpaired) electrons. The molecule has 9 nitrogen and oxygen atoms in total. The van der Waals surface area contributed by atoms with Crippen LogP contribution in [0.3, 0.4) is 0 Å². The fourth-order valence-electron chi connectivity index (χ4n) is 6.35. The van der Waals surface area contributed by atoms with Crippen LogP contribution >= 0.6 is 0 Å². The molecule has 5 atom stereocenters. The van der Waals surface area contributed by atoms with Crippen molar-refractivity contribution < 1.29 is 32.3 Å². The first-order chi connectivity index (χ1) is 18.9. The van der Waals surface area contributed by atoms with Crippen molar-refractivity contribution in [2.75, 3.05) is 6.54 Å². The van der Waals surface area contributed by atoms with E-state index in [4.69, 9.17) is 0 Å². The molecule has 2 saturated heterocycles. The number of nitrogens with zero attached hydrogens (tertiary/aromatic N) is 2. The van der Waals surface area contributed by atoms with Crippen molar-refractivity contribution in [3.8, 4) is 6.07 Å². The van der Waals surface area contributed by atoms with Crippen molar-refractivity contribution >= 4 is 23.6 Å². The Morgan fingerprint density at radius 1 is 1.10 bits per heavy atom. The van der Waals surface area contributed by atoms with Gasteiger partial charge in [-0.25, -0.2) is 0 Å². The highest BCUT2D eigenvalue weighted by Gasteiger charge is 2.46. The number of hydrogen-bond acceptors (Lipinski definition) is 5. The van der Waals surface area contributed by atoms with E-state index in [0.717, 1.165) is 32.1 Å². The molecule has 3 fully saturated rings. The molecule has 12 heteroatoms. The highest BCUT2D eigenvalue weighted by atomic mass is 19.4. The molecule has 0 spiro atoms. The van der Waals surface area contributed by atoms with Gasteiger partial charge < -0.3 is 20.9 Å². The van der Waals surface area contributed by atoms with Crippen LogP contribution in [-0.4, -0.2) is 64.9 Å². The minimum absolute atomic E-state index is 0.0574. The summed E-state index contributed by atoms with van der Waals surface area (Å²) in [6, 6.07) is -0.860. The van der Waals surface area contributed by atoms with Gasteiger partial charge in [0.15, 0.2) is 0 Å². The Kier molecular flexibility index (Phi) is 10.0. The molecule has 4 amide bonds. The van der Waals surface area contributed by atoms with Gasteiger partial charge in [0.2, 0.25) is 17.7 Å². The number of likely N-dealkylation sites (tertiary alicyclic amines) is 1. The second-order valence-corrected chi connectivity index (χ2v) is 13.7. The van der Waals surface area contributed by atoms with E-state index >= 15 is 0 Å². The molecule has 3 N–H and O–H groups in total. The molecule has 3 aliphatic rings. The summed E-state index contributed by atoms with van der Waals surface area (Å²) in [6.07, 6.45) is 0.491. The lowest BCUT2D eigenvalue weighted by Gasteiger charge is -2.36. The van der Waals surface area contributed by atoms with E-state index in [1.54, 1.807) is 20.8 Å². The zero-order chi connectivity index (χ0) is 30.8. The molecule has 1 unspecified atom stereocenters. The van der Waals surface area contributed by atoms with Gasteiger partial charge in [0.05, 0.1) is 6.07 Å². The molecule has 41 heavy (non-hydrogen) atoms. The predicted octanol–water partition coefficient (Wildman–Crippen LogP) is 3.58. The SMILES string of the molecule is CC1(C)CC[C@@H](C[C@@H](C#N)NC(=O)C2C[C@@H](C3CCCC3)CN2C(=O)C[C@@H](NC(=O)C(F)(F)F)C(C)(C)C)C(=O)N1. The van der Waals surface area contributed by atoms with Crippen LogP contribution < -0.4 is 16.0 Å². The molecule has 1 saturated carbocycles. The van der Waals surface area contributed by atoms with Gasteiger partial charge in [-0.05, 0) is 56.8 Å². The average Bonchev–Trinajstić information content (AvgIpc) is 3.53. The van der Waals surface area contributed by atoms with Gasteiger partial charge in [0.1, 0.15) is 12.1 Å². The van der Waals surface area contributed by atoms with E-state index in [-0.39, 0.29) is 23.8 Å². The minimum Gasteiger partial charge on any atom is -0.351 e. The Bertz CT molecular complexity index is 1040. The first kappa shape index (κ1) is 32.7. The van der Waals surface area contributed by atoms with Crippen molar-refractivity contribution in [3.63, 3.8) is 0 Å². The lowest BCUT2D eigenvalue weighted by atomic mass is 9.83. The Balaban J connectivity index is 1.74. The smallest absolute Gasteiger partial charge is 0.351 e. The number of carbonyl (C=O) groups excluding carboxylic acids is 4. The number of hydrogen-bond donors (Lipinski definition) is 3. The largest absolute Gasteiger partial charge is 0.471 e. The van der Waals surface area contributed by atoms with Crippen LogP contribution in [0.5, 0.6) is 0 Å². The minimum atomic E-state index is -5.09. The van der Waals surface area contributed by atoms with Crippen LogP contribution in [0.2, 0.25) is 0 Å². The normalized spacial score (nSPS) is 26.6. The van der Waals surface area contributed by atoms with Crippen molar-refractivity contribution in [1.29, 1.82) is 5.26 Å². The van der Waals surface area contributed by atoms with Gasteiger partial charge in [-0.1, -0.05) is 46.5 Å². The van der Waals surface area contributed by atoms with E-state index in [2.05, 4.69) is 16.7 Å². The molecule has 3 rings (SSSR count). The number of nitrogens with one attached hydrogen (secondary N) is 3. The summed E-state index contributed by atoms with van der Waals surface area (Å²) in [6.45, 7) is 9.06. The summed E-state index contributed by atoms with van der Waals surface area (Å²) >= 11 is 0. The maximum atomic E-state index is 13.6. The fraction of sp³-hybridized carbons (Fsp3) is 0.828. The van der Waals surface area contributed by atoms with E-state index in [0.29, 0.717) is 25.3 Å². The molecule has 0 aromatic rings. The van der Waals surface area contributed by atoms with Crippen molar-refractivity contribution in [3.05, 3.63) is 0 Å². The number of nitriles is 1. The number of carbonyl (C=O) groups is 4. The maximum absolute atomic E-state index is 13.6. The number of piperidine rings is 1. The Morgan fingerprint density at radius 3 is 2.27 bits per heavy atom. The number of rotatable bonds is 8. The number of halogens is 3. The Hall–Kier alpha value is -2.84. The van der Waals surface area contributed by atoms with Crippen molar-refractivity contribution in [2.24, 2.45) is 23.2 Å². The number of amides is 4. The van der Waals surface area contributed by atoms with E-state index in [1.165, 1.54) is 4.90 Å². The third-order valence-electron chi connectivity index (χ3n) is 8.95. The predicted molar refractivity (Wildman–Crippen MR) is 145 cm³/mol.